The fourth-order valence-corrected chi connectivity index (χ4v) is 5.39. The van der Waals surface area contributed by atoms with Crippen LogP contribution in [0.4, 0.5) is 0 Å². The molecule has 0 aliphatic carbocycles. The molecule has 0 saturated carbocycles. The molecule has 1 radical (unpaired) electrons. The molecule has 0 unspecified atom stereocenters. The minimum absolute atomic E-state index is 1.21. The maximum Gasteiger partial charge on any atom is -0.0149 e. The lowest BCUT2D eigenvalue weighted by Gasteiger charge is -2.04. The molecule has 0 fully saturated rings. The zero-order valence-corrected chi connectivity index (χ0v) is 24.1. The highest BCUT2D eigenvalue weighted by Gasteiger charge is 1.97. The number of aryl methyl sites for hydroxylation is 1. The van der Waals surface area contributed by atoms with Gasteiger partial charge in [-0.1, -0.05) is 198 Å². The zero-order chi connectivity index (χ0) is 24.9. The van der Waals surface area contributed by atoms with Gasteiger partial charge < -0.3 is 0 Å². The van der Waals surface area contributed by atoms with Gasteiger partial charge in [-0.3, -0.25) is 0 Å². The van der Waals surface area contributed by atoms with Crippen LogP contribution in [-0.2, 0) is 6.42 Å². The molecule has 0 N–H and O–H groups in total. The minimum atomic E-state index is 1.21. The molecular formula is C35H63. The quantitative estimate of drug-likeness (QED) is 0.104. The van der Waals surface area contributed by atoms with E-state index in [2.05, 4.69) is 31.2 Å². The number of hydrogen-bond acceptors (Lipinski definition) is 0. The molecule has 0 aliphatic rings. The molecule has 0 heterocycles. The van der Waals surface area contributed by atoms with E-state index in [1.54, 1.807) is 0 Å². The van der Waals surface area contributed by atoms with Crippen molar-refractivity contribution in [2.75, 3.05) is 0 Å². The fraction of sp³-hybridized carbons (Fsp3) is 0.829. The lowest BCUT2D eigenvalue weighted by atomic mass is 10.0. The van der Waals surface area contributed by atoms with Crippen LogP contribution >= 0.6 is 0 Å². The first-order valence-corrected chi connectivity index (χ1v) is 16.4. The van der Waals surface area contributed by atoms with Gasteiger partial charge in [-0.15, -0.1) is 0 Å². The highest BCUT2D eigenvalue weighted by Crippen LogP contribution is 2.16. The van der Waals surface area contributed by atoms with E-state index in [1.807, 2.05) is 6.07 Å². The summed E-state index contributed by atoms with van der Waals surface area (Å²) in [7, 11) is 0. The Morgan fingerprint density at radius 1 is 0.400 bits per heavy atom. The number of hydrogen-bond donors (Lipinski definition) is 0. The van der Waals surface area contributed by atoms with Crippen LogP contribution in [-0.4, -0.2) is 0 Å². The van der Waals surface area contributed by atoms with Gasteiger partial charge in [-0.05, 0) is 24.5 Å². The second kappa shape index (κ2) is 27.8. The van der Waals surface area contributed by atoms with E-state index in [9.17, 15) is 0 Å². The molecule has 0 heteroatoms. The molecule has 0 bridgehead atoms. The number of unbranched alkanes of at least 4 members (excludes halogenated alkanes) is 26. The van der Waals surface area contributed by atoms with Gasteiger partial charge in [-0.25, -0.2) is 0 Å². The van der Waals surface area contributed by atoms with E-state index in [0.717, 1.165) is 0 Å². The van der Waals surface area contributed by atoms with Crippen LogP contribution in [0.15, 0.2) is 24.3 Å². The molecule has 0 aromatic heterocycles. The van der Waals surface area contributed by atoms with Crippen molar-refractivity contribution in [3.8, 4) is 0 Å². The van der Waals surface area contributed by atoms with Crippen LogP contribution < -0.4 is 0 Å². The van der Waals surface area contributed by atoms with Crippen LogP contribution in [0.2, 0.25) is 0 Å². The Hall–Kier alpha value is -0.780. The molecule has 1 aromatic rings. The van der Waals surface area contributed by atoms with E-state index in [1.165, 1.54) is 185 Å². The van der Waals surface area contributed by atoms with Crippen LogP contribution in [0.1, 0.15) is 186 Å². The van der Waals surface area contributed by atoms with Gasteiger partial charge >= 0.3 is 0 Å². The van der Waals surface area contributed by atoms with Gasteiger partial charge in [0.25, 0.3) is 0 Å². The molecule has 1 rings (SSSR count). The highest BCUT2D eigenvalue weighted by molar-refractivity contribution is 5.12. The minimum Gasteiger partial charge on any atom is -0.0654 e. The smallest absolute Gasteiger partial charge is 0.0149 e. The Bertz CT molecular complexity index is 490. The van der Waals surface area contributed by atoms with Gasteiger partial charge in [0, 0.05) is 0 Å². The Kier molecular flexibility index (Phi) is 25.6. The zero-order valence-electron chi connectivity index (χ0n) is 24.1. The van der Waals surface area contributed by atoms with E-state index in [4.69, 9.17) is 0 Å². The van der Waals surface area contributed by atoms with Gasteiger partial charge in [0.15, 0.2) is 0 Å². The van der Waals surface area contributed by atoms with E-state index in [-0.39, 0.29) is 0 Å². The molecule has 1 aromatic carbocycles. The molecule has 0 saturated heterocycles. The van der Waals surface area contributed by atoms with Crippen LogP contribution in [0.25, 0.3) is 0 Å². The third kappa shape index (κ3) is 24.7. The summed E-state index contributed by atoms with van der Waals surface area (Å²) in [4.78, 5) is 0. The highest BCUT2D eigenvalue weighted by atomic mass is 14.0. The first kappa shape index (κ1) is 32.2. The standard InChI is InChI=1S/C35H63/c1-2-3-4-5-6-7-8-9-10-11-12-13-14-15-16-17-18-19-20-21-22-23-24-25-26-27-29-32-35-33-30-28-31-34-35/h28,30-31,33H,2-27,29,32H2,1H3. The molecule has 203 valence electrons. The Labute approximate surface area is 222 Å². The van der Waals surface area contributed by atoms with Crippen molar-refractivity contribution in [3.63, 3.8) is 0 Å². The molecule has 0 amide bonds. The summed E-state index contributed by atoms with van der Waals surface area (Å²) in [5.41, 5.74) is 1.38. The van der Waals surface area contributed by atoms with Crippen molar-refractivity contribution in [1.29, 1.82) is 0 Å². The molecule has 0 spiro atoms. The summed E-state index contributed by atoms with van der Waals surface area (Å²) in [6.45, 7) is 2.31. The van der Waals surface area contributed by atoms with Gasteiger partial charge in [0.1, 0.15) is 0 Å². The maximum absolute atomic E-state index is 3.34. The van der Waals surface area contributed by atoms with Gasteiger partial charge in [-0.2, -0.15) is 0 Å². The van der Waals surface area contributed by atoms with Crippen molar-refractivity contribution < 1.29 is 0 Å². The summed E-state index contributed by atoms with van der Waals surface area (Å²) in [6, 6.07) is 11.8. The summed E-state index contributed by atoms with van der Waals surface area (Å²) >= 11 is 0. The molecule has 0 aliphatic heterocycles. The van der Waals surface area contributed by atoms with Crippen LogP contribution in [0.5, 0.6) is 0 Å². The summed E-state index contributed by atoms with van der Waals surface area (Å²) in [5.74, 6) is 0. The molecule has 0 atom stereocenters. The van der Waals surface area contributed by atoms with E-state index in [0.29, 0.717) is 0 Å². The van der Waals surface area contributed by atoms with E-state index >= 15 is 0 Å². The number of rotatable bonds is 28. The lowest BCUT2D eigenvalue weighted by Crippen LogP contribution is -1.86. The van der Waals surface area contributed by atoms with Crippen molar-refractivity contribution in [2.45, 2.75) is 187 Å². The summed E-state index contributed by atoms with van der Waals surface area (Å²) in [6.07, 6.45) is 40.7. The lowest BCUT2D eigenvalue weighted by molar-refractivity contribution is 0.514. The number of benzene rings is 1. The SMILES string of the molecule is CCCCCCCCCCCCCCCCCCCCCCCCCCCCCc1[c]cccc1. The molecular weight excluding hydrogens is 420 g/mol. The van der Waals surface area contributed by atoms with Crippen LogP contribution in [0.3, 0.4) is 0 Å². The Morgan fingerprint density at radius 3 is 1.00 bits per heavy atom. The third-order valence-corrected chi connectivity index (χ3v) is 7.82. The monoisotopic (exact) mass is 483 g/mol. The summed E-state index contributed by atoms with van der Waals surface area (Å²) < 4.78 is 0. The van der Waals surface area contributed by atoms with Crippen molar-refractivity contribution >= 4 is 0 Å². The van der Waals surface area contributed by atoms with Crippen molar-refractivity contribution in [3.05, 3.63) is 35.9 Å². The second-order valence-corrected chi connectivity index (χ2v) is 11.3. The fourth-order valence-electron chi connectivity index (χ4n) is 5.39. The average molecular weight is 484 g/mol. The second-order valence-electron chi connectivity index (χ2n) is 11.3. The topological polar surface area (TPSA) is 0 Å². The molecule has 35 heavy (non-hydrogen) atoms. The van der Waals surface area contributed by atoms with E-state index < -0.39 is 0 Å². The Morgan fingerprint density at radius 2 is 0.714 bits per heavy atom. The van der Waals surface area contributed by atoms with Crippen LogP contribution in [0, 0.1) is 6.07 Å². The van der Waals surface area contributed by atoms with Gasteiger partial charge in [0.05, 0.1) is 0 Å². The van der Waals surface area contributed by atoms with Gasteiger partial charge in [0.2, 0.25) is 0 Å². The predicted molar refractivity (Wildman–Crippen MR) is 159 cm³/mol. The maximum atomic E-state index is 3.34. The summed E-state index contributed by atoms with van der Waals surface area (Å²) in [5, 5.41) is 0. The Balaban J connectivity index is 1.63. The largest absolute Gasteiger partial charge is 0.0654 e. The first-order chi connectivity index (χ1) is 17.4. The van der Waals surface area contributed by atoms with Crippen molar-refractivity contribution in [1.82, 2.24) is 0 Å². The predicted octanol–water partition coefficient (Wildman–Crippen LogP) is 12.6. The van der Waals surface area contributed by atoms with Crippen molar-refractivity contribution in [2.24, 2.45) is 0 Å². The third-order valence-electron chi connectivity index (χ3n) is 7.82. The normalized spacial score (nSPS) is 11.3. The molecule has 0 nitrogen and oxygen atoms in total. The average Bonchev–Trinajstić information content (AvgIpc) is 2.89. The first-order valence-electron chi connectivity index (χ1n) is 16.4.